The molecule has 0 saturated heterocycles. The van der Waals surface area contributed by atoms with Crippen LogP contribution >= 0.6 is 0 Å². The molecule has 0 aromatic heterocycles. The monoisotopic (exact) mass is 269 g/mol. The van der Waals surface area contributed by atoms with Gasteiger partial charge in [-0.1, -0.05) is 32.9 Å². The molecule has 102 valence electrons. The van der Waals surface area contributed by atoms with Crippen LogP contribution in [0.3, 0.4) is 0 Å². The molecule has 1 aromatic rings. The van der Waals surface area contributed by atoms with Crippen molar-refractivity contribution in [2.75, 3.05) is 12.3 Å². The number of hydrogen-bond donors (Lipinski definition) is 1. The van der Waals surface area contributed by atoms with E-state index < -0.39 is 9.84 Å². The van der Waals surface area contributed by atoms with Gasteiger partial charge in [-0.3, -0.25) is 0 Å². The quantitative estimate of drug-likeness (QED) is 0.863. The van der Waals surface area contributed by atoms with Crippen molar-refractivity contribution < 1.29 is 8.42 Å². The third-order valence-corrected chi connectivity index (χ3v) is 5.70. The van der Waals surface area contributed by atoms with Gasteiger partial charge in [0.15, 0.2) is 9.84 Å². The maximum absolute atomic E-state index is 11.7. The van der Waals surface area contributed by atoms with Crippen molar-refractivity contribution in [1.82, 2.24) is 0 Å². The summed E-state index contributed by atoms with van der Waals surface area (Å²) in [6, 6.07) is 7.21. The van der Waals surface area contributed by atoms with Gasteiger partial charge in [0.1, 0.15) is 0 Å². The number of hydrogen-bond acceptors (Lipinski definition) is 3. The lowest BCUT2D eigenvalue weighted by atomic mass is 9.76. The zero-order valence-corrected chi connectivity index (χ0v) is 12.3. The summed E-state index contributed by atoms with van der Waals surface area (Å²) in [7, 11) is -3.11. The molecular weight excluding hydrogens is 246 g/mol. The Kier molecular flexibility index (Phi) is 4.93. The Morgan fingerprint density at radius 3 is 1.89 bits per heavy atom. The standard InChI is InChI=1S/C14H23NO2S/c1-4-14(5-2,11-15)12-7-9-13(10-8-12)18(16,17)6-3/h7-10H,4-6,11,15H2,1-3H3. The fraction of sp³-hybridized carbons (Fsp3) is 0.571. The van der Waals surface area contributed by atoms with Crippen LogP contribution in [-0.2, 0) is 15.3 Å². The molecule has 3 nitrogen and oxygen atoms in total. The Labute approximate surface area is 110 Å². The summed E-state index contributed by atoms with van der Waals surface area (Å²) in [6.07, 6.45) is 1.92. The summed E-state index contributed by atoms with van der Waals surface area (Å²) in [5.41, 5.74) is 6.99. The average Bonchev–Trinajstić information content (AvgIpc) is 2.42. The van der Waals surface area contributed by atoms with Gasteiger partial charge in [0.2, 0.25) is 0 Å². The maximum Gasteiger partial charge on any atom is 0.178 e. The van der Waals surface area contributed by atoms with E-state index in [0.717, 1.165) is 18.4 Å². The van der Waals surface area contributed by atoms with E-state index in [2.05, 4.69) is 13.8 Å². The first-order chi connectivity index (χ1) is 8.45. The molecule has 0 unspecified atom stereocenters. The Hall–Kier alpha value is -0.870. The summed E-state index contributed by atoms with van der Waals surface area (Å²) in [5, 5.41) is 0. The van der Waals surface area contributed by atoms with Crippen molar-refractivity contribution >= 4 is 9.84 Å². The Morgan fingerprint density at radius 2 is 1.56 bits per heavy atom. The Morgan fingerprint density at radius 1 is 1.06 bits per heavy atom. The van der Waals surface area contributed by atoms with Crippen LogP contribution in [0.1, 0.15) is 39.2 Å². The molecule has 0 fully saturated rings. The van der Waals surface area contributed by atoms with Gasteiger partial charge in [-0.15, -0.1) is 0 Å². The van der Waals surface area contributed by atoms with Gasteiger partial charge in [0.25, 0.3) is 0 Å². The minimum absolute atomic E-state index is 0.0332. The summed E-state index contributed by atoms with van der Waals surface area (Å²) in [4.78, 5) is 0.395. The molecule has 0 radical (unpaired) electrons. The van der Waals surface area contributed by atoms with Gasteiger partial charge >= 0.3 is 0 Å². The molecule has 4 heteroatoms. The second kappa shape index (κ2) is 5.85. The summed E-state index contributed by atoms with van der Waals surface area (Å²) in [6.45, 7) is 6.48. The van der Waals surface area contributed by atoms with Crippen LogP contribution in [0.5, 0.6) is 0 Å². The third-order valence-electron chi connectivity index (χ3n) is 3.95. The van der Waals surface area contributed by atoms with Gasteiger partial charge in [-0.05, 0) is 30.5 Å². The van der Waals surface area contributed by atoms with Crippen LogP contribution in [0.2, 0.25) is 0 Å². The van der Waals surface area contributed by atoms with Crippen LogP contribution < -0.4 is 5.73 Å². The van der Waals surface area contributed by atoms with Crippen molar-refractivity contribution in [3.05, 3.63) is 29.8 Å². The molecule has 0 atom stereocenters. The summed E-state index contributed by atoms with van der Waals surface area (Å²) >= 11 is 0. The highest BCUT2D eigenvalue weighted by Crippen LogP contribution is 2.31. The lowest BCUT2D eigenvalue weighted by Gasteiger charge is -2.30. The smallest absolute Gasteiger partial charge is 0.178 e. The molecule has 0 aliphatic heterocycles. The highest BCUT2D eigenvalue weighted by molar-refractivity contribution is 7.91. The van der Waals surface area contributed by atoms with Crippen molar-refractivity contribution in [2.45, 2.75) is 43.9 Å². The van der Waals surface area contributed by atoms with Gasteiger partial charge < -0.3 is 5.73 Å². The lowest BCUT2D eigenvalue weighted by Crippen LogP contribution is -2.33. The van der Waals surface area contributed by atoms with Gasteiger partial charge in [-0.2, -0.15) is 0 Å². The van der Waals surface area contributed by atoms with Crippen LogP contribution in [0, 0.1) is 0 Å². The van der Waals surface area contributed by atoms with Gasteiger partial charge in [0, 0.05) is 12.0 Å². The van der Waals surface area contributed by atoms with E-state index >= 15 is 0 Å². The van der Waals surface area contributed by atoms with Crippen molar-refractivity contribution in [3.63, 3.8) is 0 Å². The minimum atomic E-state index is -3.11. The zero-order valence-electron chi connectivity index (χ0n) is 11.4. The highest BCUT2D eigenvalue weighted by atomic mass is 32.2. The number of benzene rings is 1. The van der Waals surface area contributed by atoms with Crippen LogP contribution in [-0.4, -0.2) is 20.7 Å². The van der Waals surface area contributed by atoms with E-state index in [0.29, 0.717) is 11.4 Å². The molecule has 1 rings (SSSR count). The predicted molar refractivity (Wildman–Crippen MR) is 75.5 cm³/mol. The fourth-order valence-electron chi connectivity index (χ4n) is 2.25. The molecule has 0 heterocycles. The summed E-state index contributed by atoms with van der Waals surface area (Å²) < 4.78 is 23.5. The zero-order chi connectivity index (χ0) is 13.8. The molecule has 0 bridgehead atoms. The first-order valence-electron chi connectivity index (χ1n) is 6.49. The first kappa shape index (κ1) is 15.2. The number of sulfone groups is 1. The molecule has 18 heavy (non-hydrogen) atoms. The molecular formula is C14H23NO2S. The van der Waals surface area contributed by atoms with E-state index in [9.17, 15) is 8.42 Å². The van der Waals surface area contributed by atoms with Gasteiger partial charge in [-0.25, -0.2) is 8.42 Å². The SMILES string of the molecule is CCC(CC)(CN)c1ccc(S(=O)(=O)CC)cc1. The molecule has 0 aliphatic carbocycles. The molecule has 0 amide bonds. The van der Waals surface area contributed by atoms with E-state index in [1.54, 1.807) is 19.1 Å². The molecule has 0 saturated carbocycles. The maximum atomic E-state index is 11.7. The van der Waals surface area contributed by atoms with E-state index in [1.807, 2.05) is 12.1 Å². The van der Waals surface area contributed by atoms with E-state index in [1.165, 1.54) is 0 Å². The first-order valence-corrected chi connectivity index (χ1v) is 8.14. The molecule has 0 spiro atoms. The molecule has 1 aromatic carbocycles. The lowest BCUT2D eigenvalue weighted by molar-refractivity contribution is 0.406. The topological polar surface area (TPSA) is 60.2 Å². The summed E-state index contributed by atoms with van der Waals surface area (Å²) in [5.74, 6) is 0.135. The van der Waals surface area contributed by atoms with Crippen LogP contribution in [0.4, 0.5) is 0 Å². The minimum Gasteiger partial charge on any atom is -0.330 e. The second-order valence-corrected chi connectivity index (χ2v) is 6.90. The van der Waals surface area contributed by atoms with E-state index in [4.69, 9.17) is 5.73 Å². The Balaban J connectivity index is 3.17. The second-order valence-electron chi connectivity index (χ2n) is 4.62. The van der Waals surface area contributed by atoms with Crippen LogP contribution in [0.15, 0.2) is 29.2 Å². The molecule has 2 N–H and O–H groups in total. The highest BCUT2D eigenvalue weighted by Gasteiger charge is 2.26. The Bertz CT molecular complexity index is 465. The predicted octanol–water partition coefficient (Wildman–Crippen LogP) is 2.50. The normalized spacial score (nSPS) is 12.7. The van der Waals surface area contributed by atoms with Gasteiger partial charge in [0.05, 0.1) is 10.6 Å². The molecule has 0 aliphatic rings. The largest absolute Gasteiger partial charge is 0.330 e. The average molecular weight is 269 g/mol. The third kappa shape index (κ3) is 2.75. The fourth-order valence-corrected chi connectivity index (χ4v) is 3.13. The van der Waals surface area contributed by atoms with Crippen LogP contribution in [0.25, 0.3) is 0 Å². The van der Waals surface area contributed by atoms with Crippen molar-refractivity contribution in [2.24, 2.45) is 5.73 Å². The van der Waals surface area contributed by atoms with Crippen molar-refractivity contribution in [3.8, 4) is 0 Å². The van der Waals surface area contributed by atoms with E-state index in [-0.39, 0.29) is 11.2 Å². The number of nitrogens with two attached hydrogens (primary N) is 1. The number of rotatable bonds is 6. The van der Waals surface area contributed by atoms with Crippen molar-refractivity contribution in [1.29, 1.82) is 0 Å².